The minimum Gasteiger partial charge on any atom is -0.310 e. The quantitative estimate of drug-likeness (QED) is 0.926. The minimum absolute atomic E-state index is 0.0771. The maximum absolute atomic E-state index is 12.6. The molecule has 21 heavy (non-hydrogen) atoms. The molecule has 1 aromatic rings. The molecule has 1 N–H and O–H groups in total. The van der Waals surface area contributed by atoms with Crippen LogP contribution in [0.5, 0.6) is 0 Å². The number of alkyl halides is 3. The van der Waals surface area contributed by atoms with Crippen LogP contribution in [0.4, 0.5) is 13.2 Å². The first-order valence-electron chi connectivity index (χ1n) is 6.78. The summed E-state index contributed by atoms with van der Waals surface area (Å²) in [5.74, 6) is 0.293. The van der Waals surface area contributed by atoms with E-state index in [9.17, 15) is 21.6 Å². The summed E-state index contributed by atoms with van der Waals surface area (Å²) in [6, 6.07) is 5.06. The molecule has 118 valence electrons. The fraction of sp³-hybridized carbons (Fsp3) is 0.571. The molecular weight excluding hydrogens is 303 g/mol. The van der Waals surface area contributed by atoms with E-state index in [2.05, 4.69) is 5.32 Å². The first-order valence-corrected chi connectivity index (χ1v) is 8.60. The lowest BCUT2D eigenvalue weighted by molar-refractivity contribution is -0.137. The molecule has 2 rings (SSSR count). The van der Waals surface area contributed by atoms with Gasteiger partial charge in [0.15, 0.2) is 9.84 Å². The van der Waals surface area contributed by atoms with E-state index in [1.165, 1.54) is 6.07 Å². The monoisotopic (exact) mass is 321 g/mol. The van der Waals surface area contributed by atoms with E-state index in [4.69, 9.17) is 0 Å². The Hall–Kier alpha value is -1.08. The highest BCUT2D eigenvalue weighted by Crippen LogP contribution is 2.29. The lowest BCUT2D eigenvalue weighted by atomic mass is 10.0. The molecule has 2 unspecified atom stereocenters. The summed E-state index contributed by atoms with van der Waals surface area (Å²) in [5.41, 5.74) is -0.0682. The Morgan fingerprint density at radius 2 is 2.10 bits per heavy atom. The third-order valence-corrected chi connectivity index (χ3v) is 5.32. The van der Waals surface area contributed by atoms with E-state index in [-0.39, 0.29) is 23.6 Å². The van der Waals surface area contributed by atoms with E-state index < -0.39 is 21.6 Å². The molecule has 7 heteroatoms. The standard InChI is InChI=1S/C14H18F3NO2S/c1-10(18-13-5-6-21(19,20)9-13)7-11-3-2-4-12(8-11)14(15,16)17/h2-4,8,10,13,18H,5-7,9H2,1H3. The number of rotatable bonds is 4. The third kappa shape index (κ3) is 4.71. The Morgan fingerprint density at radius 1 is 1.38 bits per heavy atom. The van der Waals surface area contributed by atoms with Gasteiger partial charge < -0.3 is 5.32 Å². The van der Waals surface area contributed by atoms with Crippen molar-refractivity contribution in [2.24, 2.45) is 0 Å². The lowest BCUT2D eigenvalue weighted by Gasteiger charge is -2.19. The van der Waals surface area contributed by atoms with Gasteiger partial charge in [-0.05, 0) is 31.4 Å². The molecule has 1 aromatic carbocycles. The Bertz CT molecular complexity index is 598. The second-order valence-electron chi connectivity index (χ2n) is 5.57. The fourth-order valence-electron chi connectivity index (χ4n) is 2.62. The van der Waals surface area contributed by atoms with Crippen LogP contribution in [-0.2, 0) is 22.4 Å². The van der Waals surface area contributed by atoms with Gasteiger partial charge in [0, 0.05) is 12.1 Å². The molecular formula is C14H18F3NO2S. The predicted molar refractivity (Wildman–Crippen MR) is 74.8 cm³/mol. The first-order chi connectivity index (χ1) is 9.66. The smallest absolute Gasteiger partial charge is 0.310 e. The fourth-order valence-corrected chi connectivity index (χ4v) is 4.30. The van der Waals surface area contributed by atoms with Gasteiger partial charge in [-0.1, -0.05) is 18.2 Å². The highest BCUT2D eigenvalue weighted by molar-refractivity contribution is 7.91. The molecule has 1 fully saturated rings. The summed E-state index contributed by atoms with van der Waals surface area (Å²) in [4.78, 5) is 0. The van der Waals surface area contributed by atoms with Crippen LogP contribution >= 0.6 is 0 Å². The summed E-state index contributed by atoms with van der Waals surface area (Å²) in [7, 11) is -2.95. The van der Waals surface area contributed by atoms with Gasteiger partial charge in [-0.15, -0.1) is 0 Å². The van der Waals surface area contributed by atoms with Crippen LogP contribution in [0, 0.1) is 0 Å². The normalized spacial score (nSPS) is 23.1. The molecule has 2 atom stereocenters. The molecule has 0 aromatic heterocycles. The van der Waals surface area contributed by atoms with Crippen LogP contribution in [0.2, 0.25) is 0 Å². The number of hydrogen-bond acceptors (Lipinski definition) is 3. The van der Waals surface area contributed by atoms with Crippen LogP contribution in [0.15, 0.2) is 24.3 Å². The van der Waals surface area contributed by atoms with Crippen molar-refractivity contribution in [1.29, 1.82) is 0 Å². The molecule has 1 aliphatic rings. The van der Waals surface area contributed by atoms with Gasteiger partial charge in [-0.3, -0.25) is 0 Å². The lowest BCUT2D eigenvalue weighted by Crippen LogP contribution is -2.38. The molecule has 0 bridgehead atoms. The maximum Gasteiger partial charge on any atom is 0.416 e. The molecule has 1 aliphatic heterocycles. The summed E-state index contributed by atoms with van der Waals surface area (Å²) >= 11 is 0. The highest BCUT2D eigenvalue weighted by atomic mass is 32.2. The highest BCUT2D eigenvalue weighted by Gasteiger charge is 2.31. The number of sulfone groups is 1. The van der Waals surface area contributed by atoms with Crippen LogP contribution in [0.3, 0.4) is 0 Å². The van der Waals surface area contributed by atoms with E-state index >= 15 is 0 Å². The van der Waals surface area contributed by atoms with Gasteiger partial charge in [0.2, 0.25) is 0 Å². The topological polar surface area (TPSA) is 46.2 Å². The van der Waals surface area contributed by atoms with E-state index in [1.807, 2.05) is 6.92 Å². The zero-order valence-electron chi connectivity index (χ0n) is 11.7. The molecule has 1 saturated heterocycles. The third-order valence-electron chi connectivity index (χ3n) is 3.55. The molecule has 3 nitrogen and oxygen atoms in total. The first kappa shape index (κ1) is 16.3. The van der Waals surface area contributed by atoms with Crippen LogP contribution < -0.4 is 5.32 Å². The second-order valence-corrected chi connectivity index (χ2v) is 7.80. The molecule has 0 spiro atoms. The Labute approximate surface area is 122 Å². The predicted octanol–water partition coefficient (Wildman–Crippen LogP) is 2.41. The van der Waals surface area contributed by atoms with Crippen molar-refractivity contribution < 1.29 is 21.6 Å². The number of benzene rings is 1. The van der Waals surface area contributed by atoms with Crippen LogP contribution in [0.1, 0.15) is 24.5 Å². The van der Waals surface area contributed by atoms with Gasteiger partial charge in [-0.2, -0.15) is 13.2 Å². The van der Waals surface area contributed by atoms with Crippen LogP contribution in [0.25, 0.3) is 0 Å². The van der Waals surface area contributed by atoms with Gasteiger partial charge in [0.25, 0.3) is 0 Å². The molecule has 0 amide bonds. The summed E-state index contributed by atoms with van der Waals surface area (Å²) in [5, 5.41) is 3.18. The summed E-state index contributed by atoms with van der Waals surface area (Å²) in [6.45, 7) is 1.85. The largest absolute Gasteiger partial charge is 0.416 e. The van der Waals surface area contributed by atoms with Gasteiger partial charge >= 0.3 is 6.18 Å². The van der Waals surface area contributed by atoms with Gasteiger partial charge in [-0.25, -0.2) is 8.42 Å². The average molecular weight is 321 g/mol. The second kappa shape index (κ2) is 5.96. The zero-order chi connectivity index (χ0) is 15.7. The molecule has 0 radical (unpaired) electrons. The minimum atomic E-state index is -4.34. The number of hydrogen-bond donors (Lipinski definition) is 1. The van der Waals surface area contributed by atoms with E-state index in [0.29, 0.717) is 18.4 Å². The molecule has 0 aliphatic carbocycles. The Morgan fingerprint density at radius 3 is 2.67 bits per heavy atom. The van der Waals surface area contributed by atoms with Crippen molar-refractivity contribution in [1.82, 2.24) is 5.32 Å². The van der Waals surface area contributed by atoms with Crippen molar-refractivity contribution >= 4 is 9.84 Å². The Kier molecular flexibility index (Phi) is 4.63. The van der Waals surface area contributed by atoms with E-state index in [0.717, 1.165) is 12.1 Å². The van der Waals surface area contributed by atoms with Gasteiger partial charge in [0.1, 0.15) is 0 Å². The summed E-state index contributed by atoms with van der Waals surface area (Å²) in [6.07, 6.45) is -3.35. The zero-order valence-corrected chi connectivity index (χ0v) is 12.5. The SMILES string of the molecule is CC(Cc1cccc(C(F)(F)F)c1)NC1CCS(=O)(=O)C1. The average Bonchev–Trinajstić information content (AvgIpc) is 2.67. The van der Waals surface area contributed by atoms with Crippen molar-refractivity contribution in [3.05, 3.63) is 35.4 Å². The van der Waals surface area contributed by atoms with Crippen molar-refractivity contribution in [2.45, 2.75) is 38.0 Å². The number of halogens is 3. The summed E-state index contributed by atoms with van der Waals surface area (Å²) < 4.78 is 60.6. The number of nitrogens with one attached hydrogen (secondary N) is 1. The van der Waals surface area contributed by atoms with Crippen molar-refractivity contribution in [3.63, 3.8) is 0 Å². The Balaban J connectivity index is 1.95. The van der Waals surface area contributed by atoms with Crippen LogP contribution in [-0.4, -0.2) is 32.0 Å². The molecule has 0 saturated carbocycles. The van der Waals surface area contributed by atoms with Crippen molar-refractivity contribution in [2.75, 3.05) is 11.5 Å². The van der Waals surface area contributed by atoms with Gasteiger partial charge in [0.05, 0.1) is 17.1 Å². The maximum atomic E-state index is 12.6. The van der Waals surface area contributed by atoms with Crippen molar-refractivity contribution in [3.8, 4) is 0 Å². The van der Waals surface area contributed by atoms with E-state index in [1.54, 1.807) is 6.07 Å². The molecule has 1 heterocycles.